The van der Waals surface area contributed by atoms with Gasteiger partial charge in [0, 0.05) is 4.47 Å². The number of aromatic nitrogens is 1. The maximum Gasteiger partial charge on any atom is 0.326 e. The molecule has 1 aromatic heterocycles. The fraction of sp³-hybridized carbons (Fsp3) is 0.385. The second kappa shape index (κ2) is 5.88. The Kier molecular flexibility index (Phi) is 4.42. The Morgan fingerprint density at radius 2 is 2.26 bits per heavy atom. The molecule has 0 fully saturated rings. The molecule has 2 aromatic rings. The SMILES string of the molecule is CC[C@H](C)OC(=O)Cn1c(=O)sc2cc(Br)ccc21. The van der Waals surface area contributed by atoms with Crippen molar-refractivity contribution in [1.82, 2.24) is 4.57 Å². The summed E-state index contributed by atoms with van der Waals surface area (Å²) < 4.78 is 8.42. The van der Waals surface area contributed by atoms with Crippen LogP contribution in [0.5, 0.6) is 0 Å². The first-order chi connectivity index (χ1) is 9.01. The molecule has 0 bridgehead atoms. The molecular formula is C13H14BrNO3S. The van der Waals surface area contributed by atoms with Crippen LogP contribution >= 0.6 is 27.3 Å². The van der Waals surface area contributed by atoms with Crippen molar-refractivity contribution >= 4 is 43.5 Å². The van der Waals surface area contributed by atoms with Gasteiger partial charge in [0.25, 0.3) is 0 Å². The predicted octanol–water partition coefficient (Wildman–Crippen LogP) is 3.17. The van der Waals surface area contributed by atoms with Crippen molar-refractivity contribution in [3.63, 3.8) is 0 Å². The van der Waals surface area contributed by atoms with Gasteiger partial charge in [-0.3, -0.25) is 14.2 Å². The maximum atomic E-state index is 11.9. The van der Waals surface area contributed by atoms with Crippen molar-refractivity contribution in [2.24, 2.45) is 0 Å². The second-order valence-corrected chi connectivity index (χ2v) is 6.18. The van der Waals surface area contributed by atoms with Crippen LogP contribution in [-0.2, 0) is 16.1 Å². The van der Waals surface area contributed by atoms with E-state index in [2.05, 4.69) is 15.9 Å². The van der Waals surface area contributed by atoms with E-state index in [1.165, 1.54) is 4.57 Å². The number of halogens is 1. The summed E-state index contributed by atoms with van der Waals surface area (Å²) in [6.07, 6.45) is 0.639. The number of fused-ring (bicyclic) bond motifs is 1. The molecule has 0 amide bonds. The number of benzene rings is 1. The first-order valence-corrected chi connectivity index (χ1v) is 7.60. The van der Waals surface area contributed by atoms with Gasteiger partial charge < -0.3 is 4.74 Å². The van der Waals surface area contributed by atoms with E-state index in [0.29, 0.717) is 0 Å². The number of thiazole rings is 1. The molecule has 0 aliphatic carbocycles. The summed E-state index contributed by atoms with van der Waals surface area (Å²) in [4.78, 5) is 23.5. The number of nitrogens with zero attached hydrogens (tertiary/aromatic N) is 1. The Balaban J connectivity index is 2.28. The quantitative estimate of drug-likeness (QED) is 0.801. The molecule has 0 saturated heterocycles. The van der Waals surface area contributed by atoms with Crippen molar-refractivity contribution in [2.75, 3.05) is 0 Å². The molecule has 102 valence electrons. The Bertz CT molecular complexity index is 661. The molecule has 0 radical (unpaired) electrons. The predicted molar refractivity (Wildman–Crippen MR) is 79.6 cm³/mol. The van der Waals surface area contributed by atoms with Crippen LogP contribution in [0.4, 0.5) is 0 Å². The number of ether oxygens (including phenoxy) is 1. The molecule has 0 spiro atoms. The van der Waals surface area contributed by atoms with Crippen LogP contribution in [0.15, 0.2) is 27.5 Å². The van der Waals surface area contributed by atoms with Crippen molar-refractivity contribution in [3.8, 4) is 0 Å². The van der Waals surface area contributed by atoms with Gasteiger partial charge in [0.15, 0.2) is 0 Å². The topological polar surface area (TPSA) is 48.3 Å². The van der Waals surface area contributed by atoms with E-state index in [1.807, 2.05) is 32.0 Å². The van der Waals surface area contributed by atoms with Crippen LogP contribution in [0, 0.1) is 0 Å². The third-order valence-corrected chi connectivity index (χ3v) is 4.26. The van der Waals surface area contributed by atoms with Crippen LogP contribution in [0.2, 0.25) is 0 Å². The summed E-state index contributed by atoms with van der Waals surface area (Å²) in [5.74, 6) is -0.376. The fourth-order valence-electron chi connectivity index (χ4n) is 1.66. The summed E-state index contributed by atoms with van der Waals surface area (Å²) in [6, 6.07) is 5.55. The second-order valence-electron chi connectivity index (χ2n) is 4.27. The molecule has 1 heterocycles. The van der Waals surface area contributed by atoms with Crippen LogP contribution < -0.4 is 4.87 Å². The molecule has 0 unspecified atom stereocenters. The summed E-state index contributed by atoms with van der Waals surface area (Å²) >= 11 is 4.49. The minimum absolute atomic E-state index is 0.0369. The highest BCUT2D eigenvalue weighted by Crippen LogP contribution is 2.22. The molecule has 1 aromatic carbocycles. The zero-order chi connectivity index (χ0) is 14.0. The van der Waals surface area contributed by atoms with Gasteiger partial charge in [-0.25, -0.2) is 0 Å². The van der Waals surface area contributed by atoms with Gasteiger partial charge in [0.1, 0.15) is 6.54 Å². The largest absolute Gasteiger partial charge is 0.461 e. The molecule has 4 nitrogen and oxygen atoms in total. The van der Waals surface area contributed by atoms with Crippen LogP contribution in [0.25, 0.3) is 10.2 Å². The Morgan fingerprint density at radius 1 is 1.53 bits per heavy atom. The number of esters is 1. The lowest BCUT2D eigenvalue weighted by molar-refractivity contribution is -0.149. The molecule has 19 heavy (non-hydrogen) atoms. The number of hydrogen-bond acceptors (Lipinski definition) is 4. The first kappa shape index (κ1) is 14.3. The van der Waals surface area contributed by atoms with Crippen LogP contribution in [-0.4, -0.2) is 16.6 Å². The fourth-order valence-corrected chi connectivity index (χ4v) is 3.11. The molecular weight excluding hydrogens is 330 g/mol. The molecule has 0 N–H and O–H groups in total. The Morgan fingerprint density at radius 3 is 2.95 bits per heavy atom. The zero-order valence-electron chi connectivity index (χ0n) is 10.7. The van der Waals surface area contributed by atoms with E-state index < -0.39 is 0 Å². The number of hydrogen-bond donors (Lipinski definition) is 0. The first-order valence-electron chi connectivity index (χ1n) is 5.99. The molecule has 0 aliphatic rings. The van der Waals surface area contributed by atoms with Gasteiger partial charge in [0.05, 0.1) is 16.3 Å². The Hall–Kier alpha value is -1.14. The molecule has 2 rings (SSSR count). The monoisotopic (exact) mass is 343 g/mol. The maximum absolute atomic E-state index is 11.9. The minimum Gasteiger partial charge on any atom is -0.461 e. The molecule has 0 saturated carbocycles. The molecule has 0 aliphatic heterocycles. The van der Waals surface area contributed by atoms with Gasteiger partial charge in [0.2, 0.25) is 0 Å². The lowest BCUT2D eigenvalue weighted by Gasteiger charge is -2.11. The van der Waals surface area contributed by atoms with E-state index in [-0.39, 0.29) is 23.5 Å². The van der Waals surface area contributed by atoms with Gasteiger partial charge >= 0.3 is 10.8 Å². The number of rotatable bonds is 4. The Labute approximate surface area is 123 Å². The normalized spacial score (nSPS) is 12.6. The van der Waals surface area contributed by atoms with Crippen molar-refractivity contribution in [2.45, 2.75) is 32.9 Å². The summed E-state index contributed by atoms with van der Waals surface area (Å²) in [6.45, 7) is 3.75. The van der Waals surface area contributed by atoms with Crippen LogP contribution in [0.1, 0.15) is 20.3 Å². The molecule has 6 heteroatoms. The van der Waals surface area contributed by atoms with E-state index in [0.717, 1.165) is 32.4 Å². The van der Waals surface area contributed by atoms with Gasteiger partial charge in [-0.1, -0.05) is 34.2 Å². The van der Waals surface area contributed by atoms with Crippen molar-refractivity contribution < 1.29 is 9.53 Å². The highest BCUT2D eigenvalue weighted by molar-refractivity contribution is 9.10. The molecule has 1 atom stereocenters. The smallest absolute Gasteiger partial charge is 0.326 e. The van der Waals surface area contributed by atoms with Crippen LogP contribution in [0.3, 0.4) is 0 Å². The zero-order valence-corrected chi connectivity index (χ0v) is 13.1. The van der Waals surface area contributed by atoms with E-state index >= 15 is 0 Å². The summed E-state index contributed by atoms with van der Waals surface area (Å²) in [5.41, 5.74) is 0.763. The lowest BCUT2D eigenvalue weighted by atomic mass is 10.3. The van der Waals surface area contributed by atoms with E-state index in [4.69, 9.17) is 4.74 Å². The standard InChI is InChI=1S/C13H14BrNO3S/c1-3-8(2)18-12(16)7-15-10-5-4-9(14)6-11(10)19-13(15)17/h4-6,8H,3,7H2,1-2H3/t8-/m0/s1. The van der Waals surface area contributed by atoms with E-state index in [9.17, 15) is 9.59 Å². The van der Waals surface area contributed by atoms with Gasteiger partial charge in [-0.2, -0.15) is 0 Å². The van der Waals surface area contributed by atoms with E-state index in [1.54, 1.807) is 0 Å². The van der Waals surface area contributed by atoms with Gasteiger partial charge in [-0.15, -0.1) is 0 Å². The summed E-state index contributed by atoms with van der Waals surface area (Å²) in [7, 11) is 0. The summed E-state index contributed by atoms with van der Waals surface area (Å²) in [5, 5.41) is 0. The third-order valence-electron chi connectivity index (χ3n) is 2.83. The highest BCUT2D eigenvalue weighted by atomic mass is 79.9. The lowest BCUT2D eigenvalue weighted by Crippen LogP contribution is -2.23. The average molecular weight is 344 g/mol. The van der Waals surface area contributed by atoms with Gasteiger partial charge in [-0.05, 0) is 31.5 Å². The highest BCUT2D eigenvalue weighted by Gasteiger charge is 2.14. The van der Waals surface area contributed by atoms with Crippen molar-refractivity contribution in [3.05, 3.63) is 32.3 Å². The average Bonchev–Trinajstić information content (AvgIpc) is 2.64. The number of carbonyl (C=O) groups is 1. The van der Waals surface area contributed by atoms with Crippen molar-refractivity contribution in [1.29, 1.82) is 0 Å². The minimum atomic E-state index is -0.376. The number of carbonyl (C=O) groups excluding carboxylic acids is 1. The third kappa shape index (κ3) is 3.25.